The first-order valence-electron chi connectivity index (χ1n) is 10.1. The van der Waals surface area contributed by atoms with Gasteiger partial charge in [-0.2, -0.15) is 0 Å². The molecule has 2 heterocycles. The van der Waals surface area contributed by atoms with Gasteiger partial charge < -0.3 is 4.90 Å². The SMILES string of the molecule is O=C(Cc1csc(Cc2ccccc2)n1)N1CCC[C@@H]1C1CCCCC1. The van der Waals surface area contributed by atoms with Crippen molar-refractivity contribution in [3.8, 4) is 0 Å². The summed E-state index contributed by atoms with van der Waals surface area (Å²) in [5, 5.41) is 3.17. The van der Waals surface area contributed by atoms with Crippen LogP contribution in [0.2, 0.25) is 0 Å². The summed E-state index contributed by atoms with van der Waals surface area (Å²) in [6.45, 7) is 0.945. The number of carbonyl (C=O) groups is 1. The van der Waals surface area contributed by atoms with Crippen molar-refractivity contribution in [2.24, 2.45) is 5.92 Å². The van der Waals surface area contributed by atoms with Gasteiger partial charge in [-0.3, -0.25) is 4.79 Å². The number of carbonyl (C=O) groups excluding carboxylic acids is 1. The van der Waals surface area contributed by atoms with Crippen molar-refractivity contribution in [3.05, 3.63) is 52.0 Å². The van der Waals surface area contributed by atoms with E-state index < -0.39 is 0 Å². The third kappa shape index (κ3) is 4.17. The van der Waals surface area contributed by atoms with Crippen molar-refractivity contribution in [2.45, 2.75) is 63.8 Å². The molecule has 2 aliphatic rings. The maximum Gasteiger partial charge on any atom is 0.228 e. The number of nitrogens with zero attached hydrogens (tertiary/aromatic N) is 2. The normalized spacial score (nSPS) is 21.2. The molecule has 1 aliphatic heterocycles. The van der Waals surface area contributed by atoms with Crippen LogP contribution in [0.3, 0.4) is 0 Å². The first kappa shape index (κ1) is 17.7. The quantitative estimate of drug-likeness (QED) is 0.756. The van der Waals surface area contributed by atoms with E-state index in [1.807, 2.05) is 6.07 Å². The zero-order chi connectivity index (χ0) is 17.8. The summed E-state index contributed by atoms with van der Waals surface area (Å²) >= 11 is 1.68. The minimum Gasteiger partial charge on any atom is -0.339 e. The number of amides is 1. The third-order valence-electron chi connectivity index (χ3n) is 5.94. The van der Waals surface area contributed by atoms with Gasteiger partial charge in [-0.15, -0.1) is 11.3 Å². The van der Waals surface area contributed by atoms with Crippen molar-refractivity contribution in [1.82, 2.24) is 9.88 Å². The van der Waals surface area contributed by atoms with Gasteiger partial charge in [0.05, 0.1) is 17.1 Å². The fraction of sp³-hybridized carbons (Fsp3) is 0.545. The summed E-state index contributed by atoms with van der Waals surface area (Å²) in [6.07, 6.45) is 10.4. The van der Waals surface area contributed by atoms with Crippen LogP contribution in [-0.2, 0) is 17.6 Å². The molecule has 26 heavy (non-hydrogen) atoms. The Morgan fingerprint density at radius 1 is 1.08 bits per heavy atom. The second kappa shape index (κ2) is 8.34. The van der Waals surface area contributed by atoms with Crippen LogP contribution < -0.4 is 0 Å². The Hall–Kier alpha value is -1.68. The van der Waals surface area contributed by atoms with E-state index in [2.05, 4.69) is 34.5 Å². The molecule has 0 N–H and O–H groups in total. The van der Waals surface area contributed by atoms with Crippen LogP contribution in [0.4, 0.5) is 0 Å². The minimum atomic E-state index is 0.287. The van der Waals surface area contributed by atoms with Crippen molar-refractivity contribution in [2.75, 3.05) is 6.54 Å². The fourth-order valence-corrected chi connectivity index (χ4v) is 5.48. The highest BCUT2D eigenvalue weighted by Crippen LogP contribution is 2.34. The smallest absolute Gasteiger partial charge is 0.228 e. The number of aromatic nitrogens is 1. The lowest BCUT2D eigenvalue weighted by Crippen LogP contribution is -2.41. The highest BCUT2D eigenvalue weighted by atomic mass is 32.1. The Labute approximate surface area is 160 Å². The van der Waals surface area contributed by atoms with Crippen LogP contribution in [0.15, 0.2) is 35.7 Å². The van der Waals surface area contributed by atoms with Gasteiger partial charge in [0.25, 0.3) is 0 Å². The van der Waals surface area contributed by atoms with Gasteiger partial charge in [-0.1, -0.05) is 49.6 Å². The van der Waals surface area contributed by atoms with Gasteiger partial charge in [0.15, 0.2) is 0 Å². The molecule has 4 heteroatoms. The number of benzene rings is 1. The van der Waals surface area contributed by atoms with E-state index in [1.165, 1.54) is 50.5 Å². The molecule has 0 spiro atoms. The lowest BCUT2D eigenvalue weighted by atomic mass is 9.83. The largest absolute Gasteiger partial charge is 0.339 e. The molecule has 1 saturated carbocycles. The zero-order valence-corrected chi connectivity index (χ0v) is 16.2. The van der Waals surface area contributed by atoms with Crippen LogP contribution in [0.25, 0.3) is 0 Å². The predicted octanol–water partition coefficient (Wildman–Crippen LogP) is 4.85. The summed E-state index contributed by atoms with van der Waals surface area (Å²) in [4.78, 5) is 19.8. The molecule has 2 fully saturated rings. The van der Waals surface area contributed by atoms with E-state index >= 15 is 0 Å². The molecular formula is C22H28N2OS. The van der Waals surface area contributed by atoms with Crippen LogP contribution in [0, 0.1) is 5.92 Å². The minimum absolute atomic E-state index is 0.287. The molecule has 1 aromatic carbocycles. The molecule has 0 bridgehead atoms. The molecule has 4 rings (SSSR count). The maximum atomic E-state index is 12.9. The average Bonchev–Trinajstić information content (AvgIpc) is 3.33. The van der Waals surface area contributed by atoms with Crippen molar-refractivity contribution in [3.63, 3.8) is 0 Å². The van der Waals surface area contributed by atoms with Gasteiger partial charge in [-0.05, 0) is 37.2 Å². The van der Waals surface area contributed by atoms with Crippen LogP contribution in [0.1, 0.15) is 61.2 Å². The first-order valence-corrected chi connectivity index (χ1v) is 10.9. The van der Waals surface area contributed by atoms with Crippen molar-refractivity contribution in [1.29, 1.82) is 0 Å². The Kier molecular flexibility index (Phi) is 5.68. The Morgan fingerprint density at radius 2 is 1.88 bits per heavy atom. The highest BCUT2D eigenvalue weighted by molar-refractivity contribution is 7.09. The van der Waals surface area contributed by atoms with Gasteiger partial charge >= 0.3 is 0 Å². The molecule has 1 atom stereocenters. The Morgan fingerprint density at radius 3 is 2.69 bits per heavy atom. The average molecular weight is 369 g/mol. The lowest BCUT2D eigenvalue weighted by molar-refractivity contribution is -0.132. The molecule has 0 radical (unpaired) electrons. The van der Waals surface area contributed by atoms with Gasteiger partial charge in [0, 0.05) is 24.4 Å². The highest BCUT2D eigenvalue weighted by Gasteiger charge is 2.35. The van der Waals surface area contributed by atoms with Gasteiger partial charge in [-0.25, -0.2) is 4.98 Å². The van der Waals surface area contributed by atoms with Crippen LogP contribution in [0.5, 0.6) is 0 Å². The number of hydrogen-bond donors (Lipinski definition) is 0. The van der Waals surface area contributed by atoms with Gasteiger partial charge in [0.1, 0.15) is 0 Å². The topological polar surface area (TPSA) is 33.2 Å². The monoisotopic (exact) mass is 368 g/mol. The molecule has 1 amide bonds. The Balaban J connectivity index is 1.37. The third-order valence-corrected chi connectivity index (χ3v) is 6.84. The van der Waals surface area contributed by atoms with Crippen LogP contribution >= 0.6 is 11.3 Å². The summed E-state index contributed by atoms with van der Waals surface area (Å²) < 4.78 is 0. The molecule has 1 aromatic heterocycles. The summed E-state index contributed by atoms with van der Waals surface area (Å²) in [5.41, 5.74) is 2.22. The standard InChI is InChI=1S/C22H28N2OS/c25-22(24-13-7-12-20(24)18-10-5-2-6-11-18)15-19-16-26-21(23-19)14-17-8-3-1-4-9-17/h1,3-4,8-9,16,18,20H,2,5-7,10-15H2/t20-/m1/s1. The summed E-state index contributed by atoms with van der Waals surface area (Å²) in [6, 6.07) is 10.9. The number of rotatable bonds is 5. The fourth-order valence-electron chi connectivity index (χ4n) is 4.65. The number of thiazole rings is 1. The van der Waals surface area contributed by atoms with Crippen molar-refractivity contribution >= 4 is 17.2 Å². The summed E-state index contributed by atoms with van der Waals surface area (Å²) in [5.74, 6) is 1.02. The maximum absolute atomic E-state index is 12.9. The van der Waals surface area contributed by atoms with Crippen LogP contribution in [-0.4, -0.2) is 28.4 Å². The molecule has 138 valence electrons. The molecule has 0 unspecified atom stereocenters. The van der Waals surface area contributed by atoms with E-state index in [0.29, 0.717) is 12.5 Å². The predicted molar refractivity (Wildman–Crippen MR) is 106 cm³/mol. The van der Waals surface area contributed by atoms with E-state index in [1.54, 1.807) is 11.3 Å². The van der Waals surface area contributed by atoms with E-state index in [9.17, 15) is 4.79 Å². The van der Waals surface area contributed by atoms with Crippen molar-refractivity contribution < 1.29 is 4.79 Å². The molecular weight excluding hydrogens is 340 g/mol. The Bertz CT molecular complexity index is 721. The van der Waals surface area contributed by atoms with E-state index in [-0.39, 0.29) is 5.91 Å². The number of likely N-dealkylation sites (tertiary alicyclic amines) is 1. The first-order chi connectivity index (χ1) is 12.8. The number of hydrogen-bond acceptors (Lipinski definition) is 3. The van der Waals surface area contributed by atoms with E-state index in [0.717, 1.165) is 29.6 Å². The zero-order valence-electron chi connectivity index (χ0n) is 15.4. The molecule has 3 nitrogen and oxygen atoms in total. The van der Waals surface area contributed by atoms with Gasteiger partial charge in [0.2, 0.25) is 5.91 Å². The molecule has 1 saturated heterocycles. The summed E-state index contributed by atoms with van der Waals surface area (Å²) in [7, 11) is 0. The second-order valence-corrected chi connectivity index (χ2v) is 8.71. The molecule has 1 aliphatic carbocycles. The lowest BCUT2D eigenvalue weighted by Gasteiger charge is -2.34. The van der Waals surface area contributed by atoms with E-state index in [4.69, 9.17) is 4.98 Å². The molecule has 2 aromatic rings. The second-order valence-electron chi connectivity index (χ2n) is 7.77.